The summed E-state index contributed by atoms with van der Waals surface area (Å²) in [5.74, 6) is -0.229. The van der Waals surface area contributed by atoms with Crippen LogP contribution in [0.5, 0.6) is 11.6 Å². The molecule has 0 N–H and O–H groups in total. The van der Waals surface area contributed by atoms with E-state index in [1.807, 2.05) is 143 Å². The van der Waals surface area contributed by atoms with Crippen molar-refractivity contribution in [2.24, 2.45) is 5.92 Å². The van der Waals surface area contributed by atoms with Crippen molar-refractivity contribution in [1.82, 2.24) is 14.1 Å². The summed E-state index contributed by atoms with van der Waals surface area (Å²) in [6.07, 6.45) is -1.85. The molecule has 2 aliphatic heterocycles. The fourth-order valence-electron chi connectivity index (χ4n) is 11.0. The molecule has 11 aromatic rings. The summed E-state index contributed by atoms with van der Waals surface area (Å²) in [6.45, 7) is 3.98. The van der Waals surface area contributed by atoms with Gasteiger partial charge in [-0.05, 0) is 11.6 Å². The Bertz CT molecular complexity index is 4810. The molecular weight excluding hydrogens is 1130 g/mol. The van der Waals surface area contributed by atoms with Crippen molar-refractivity contribution in [3.05, 3.63) is 244 Å². The van der Waals surface area contributed by atoms with Crippen molar-refractivity contribution in [3.8, 4) is 67.5 Å². The Labute approximate surface area is 487 Å². The molecule has 0 spiro atoms. The molecule has 0 saturated carbocycles. The number of anilines is 4. The van der Waals surface area contributed by atoms with E-state index in [1.54, 1.807) is 24.3 Å². The fraction of sp³-hybridized carbons (Fsp3) is 0.143. The summed E-state index contributed by atoms with van der Waals surface area (Å²) in [5.41, 5.74) is 10.1. The van der Waals surface area contributed by atoms with Crippen LogP contribution in [0.15, 0.2) is 206 Å². The molecule has 384 valence electrons. The fourth-order valence-corrected chi connectivity index (χ4v) is 12.1. The van der Waals surface area contributed by atoms with Crippen LogP contribution in [0.4, 0.5) is 22.9 Å². The zero-order chi connectivity index (χ0) is 64.5. The van der Waals surface area contributed by atoms with Crippen LogP contribution in [-0.2, 0) is 31.1 Å². The molecule has 6 nitrogen and oxygen atoms in total. The minimum absolute atomic E-state index is 0.0578. The van der Waals surface area contributed by atoms with Gasteiger partial charge in [0.15, 0.2) is 0 Å². The maximum absolute atomic E-state index is 9.48. The molecule has 2 aromatic heterocycles. The van der Waals surface area contributed by atoms with E-state index >= 15 is 0 Å². The molecule has 0 unspecified atom stereocenters. The van der Waals surface area contributed by atoms with Crippen LogP contribution in [0.25, 0.3) is 66.9 Å². The van der Waals surface area contributed by atoms with Gasteiger partial charge >= 0.3 is 406 Å². The van der Waals surface area contributed by atoms with Crippen LogP contribution in [0, 0.1) is 35.6 Å². The second-order valence-electron chi connectivity index (χ2n) is 20.9. The van der Waals surface area contributed by atoms with Gasteiger partial charge in [0.05, 0.1) is 0 Å². The molecule has 9 aromatic carbocycles. The summed E-state index contributed by atoms with van der Waals surface area (Å²) in [6, 6.07) is 58.2. The topological polar surface area (TPSA) is 38.5 Å². The number of aryl methyl sites for hydroxylation is 2. The number of hydrogen-bond acceptors (Lipinski definition) is 4. The monoisotopic (exact) mass is 1200 g/mol. The first-order valence-corrected chi connectivity index (χ1v) is 27.0. The molecule has 2 aliphatic rings. The zero-order valence-corrected chi connectivity index (χ0v) is 45.6. The van der Waals surface area contributed by atoms with Gasteiger partial charge in [0.1, 0.15) is 0 Å². The van der Waals surface area contributed by atoms with Gasteiger partial charge in [-0.2, -0.15) is 12.1 Å². The summed E-state index contributed by atoms with van der Waals surface area (Å²) in [5, 5.41) is 0. The van der Waals surface area contributed by atoms with Crippen molar-refractivity contribution in [3.63, 3.8) is 0 Å². The van der Waals surface area contributed by atoms with E-state index in [1.165, 1.54) is 12.1 Å². The first kappa shape index (κ1) is 36.7. The van der Waals surface area contributed by atoms with Gasteiger partial charge in [0.2, 0.25) is 0 Å². The number of rotatable bonds is 10. The molecule has 0 amide bonds. The Morgan fingerprint density at radius 1 is 0.654 bits per heavy atom. The third-order valence-electron chi connectivity index (χ3n) is 14.4. The molecule has 0 aliphatic carbocycles. The number of aromatic nitrogens is 3. The SMILES string of the molecule is [2H]c1c([2H])c([2H])c(-c2cc(C([2H])([2H])[2H])cc(-c3ccc(C(C)(C)C)cc3)c2-n2[c](=[Pt])n(-c3[c-]c(Oc4cc(C([2H])([2H])[2H])cc(N5B6c7ccccc7-c7ccccc7N6c6ccc[c-]c65)n4)c(-c4ccccc4C([2H])([2H])C(C)C)cc3)c3ccccc32)c([2H])c1[2H]. The van der Waals surface area contributed by atoms with Gasteiger partial charge < -0.3 is 0 Å². The van der Waals surface area contributed by atoms with Gasteiger partial charge in [0.25, 0.3) is 0 Å². The standard InChI is InChI=1S/C70H58BN5O.Pt/c1-46(2)39-51-23-11-12-24-54(51)57-38-37-53(73-45-74(63-30-18-17-29-62(63)73)69-58(49-21-9-8-10-22-49)40-47(3)41-59(69)50-33-35-52(36-34-50)70(5,6)7)44-66(57)77-68-43-48(4)42-67(72-68)76-65-32-20-19-31-64(65)75-61-28-16-14-26-56(61)55-25-13-15-27-60(55)71(75)76;/h8-31,33-38,40-43,46H,39H2,1-7H3;/q-2;/i3D3,4D3,8D,9D,10D,21D,22D,39D2;. The molecule has 0 radical (unpaired) electrons. The van der Waals surface area contributed by atoms with Gasteiger partial charge in [-0.1, -0.05) is 42.5 Å². The Hall–Kier alpha value is -8.25. The Morgan fingerprint density at radius 2 is 1.32 bits per heavy atom. The van der Waals surface area contributed by atoms with Gasteiger partial charge in [-0.25, -0.2) is 0 Å². The number of nitrogens with zero attached hydrogens (tertiary/aromatic N) is 5. The van der Waals surface area contributed by atoms with Crippen LogP contribution in [-0.4, -0.2) is 21.1 Å². The Kier molecular flexibility index (Phi) is 9.25. The van der Waals surface area contributed by atoms with E-state index in [0.29, 0.717) is 59.7 Å². The number of ether oxygens (including phenoxy) is 1. The van der Waals surface area contributed by atoms with Gasteiger partial charge in [-0.3, -0.25) is 0 Å². The quantitative estimate of drug-likeness (QED) is 0.101. The molecule has 0 bridgehead atoms. The average molecular weight is 1200 g/mol. The predicted molar refractivity (Wildman–Crippen MR) is 319 cm³/mol. The molecular formula is C70H58BN5OPt-2. The van der Waals surface area contributed by atoms with Crippen LogP contribution in [0.3, 0.4) is 0 Å². The number of fused-ring (bicyclic) bond motifs is 9. The second kappa shape index (κ2) is 19.6. The maximum atomic E-state index is 9.48. The number of benzene rings is 9. The average Bonchev–Trinajstić information content (AvgIpc) is 1.61. The molecule has 13 rings (SSSR count). The minimum atomic E-state index is -2.71. The number of para-hydroxylation sites is 4. The third-order valence-corrected chi connectivity index (χ3v) is 15.4. The predicted octanol–water partition coefficient (Wildman–Crippen LogP) is 17.1. The molecule has 4 heterocycles. The second-order valence-corrected chi connectivity index (χ2v) is 21.9. The van der Waals surface area contributed by atoms with E-state index in [9.17, 15) is 5.48 Å². The van der Waals surface area contributed by atoms with Gasteiger partial charge in [0, 0.05) is 11.3 Å². The van der Waals surface area contributed by atoms with E-state index < -0.39 is 63.2 Å². The van der Waals surface area contributed by atoms with Gasteiger partial charge in [-0.15, -0.1) is 6.07 Å². The van der Waals surface area contributed by atoms with Crippen LogP contribution >= 0.6 is 0 Å². The number of pyridine rings is 1. The van der Waals surface area contributed by atoms with Crippen molar-refractivity contribution in [1.29, 1.82) is 0 Å². The molecule has 78 heavy (non-hydrogen) atoms. The first-order chi connectivity index (χ1) is 43.1. The molecule has 0 fully saturated rings. The summed E-state index contributed by atoms with van der Waals surface area (Å²) < 4.78 is 129. The Morgan fingerprint density at radius 3 is 2.08 bits per heavy atom. The molecule has 8 heteroatoms. The van der Waals surface area contributed by atoms with E-state index in [4.69, 9.17) is 22.1 Å². The summed E-state index contributed by atoms with van der Waals surface area (Å²) in [4.78, 5) is 9.44. The number of hydrogen-bond donors (Lipinski definition) is 0. The summed E-state index contributed by atoms with van der Waals surface area (Å²) in [7, 11) is 0. The van der Waals surface area contributed by atoms with Crippen molar-refractivity contribution >= 4 is 46.4 Å². The van der Waals surface area contributed by atoms with E-state index in [0.717, 1.165) is 33.5 Å². The first-order valence-electron chi connectivity index (χ1n) is 32.3. The number of imidazole rings is 1. The van der Waals surface area contributed by atoms with Crippen LogP contribution < -0.4 is 19.8 Å². The normalized spacial score (nSPS) is 15.6. The molecule has 0 saturated heterocycles. The summed E-state index contributed by atoms with van der Waals surface area (Å²) >= 11 is 2.18. The van der Waals surface area contributed by atoms with Crippen molar-refractivity contribution < 1.29 is 41.9 Å². The van der Waals surface area contributed by atoms with Crippen molar-refractivity contribution in [2.45, 2.75) is 60.1 Å². The Balaban J connectivity index is 1.07. The van der Waals surface area contributed by atoms with E-state index in [2.05, 4.69) is 81.3 Å². The van der Waals surface area contributed by atoms with Crippen LogP contribution in [0.1, 0.15) is 74.7 Å². The zero-order valence-electron chi connectivity index (χ0n) is 56.4. The van der Waals surface area contributed by atoms with E-state index in [-0.39, 0.29) is 45.1 Å². The third kappa shape index (κ3) is 8.56. The molecule has 0 atom stereocenters. The van der Waals surface area contributed by atoms with Crippen LogP contribution in [0.2, 0.25) is 0 Å². The van der Waals surface area contributed by atoms with Crippen molar-refractivity contribution in [2.75, 3.05) is 9.62 Å².